The molecule has 0 fully saturated rings. The second-order valence-electron chi connectivity index (χ2n) is 4.97. The minimum Gasteiger partial charge on any atom is -0.494 e. The third-order valence-corrected chi connectivity index (χ3v) is 2.78. The molecule has 0 aliphatic rings. The quantitative estimate of drug-likeness (QED) is 0.582. The molecule has 9 heteroatoms. The van der Waals surface area contributed by atoms with E-state index in [0.29, 0.717) is 13.1 Å². The number of halogens is 3. The van der Waals surface area contributed by atoms with Gasteiger partial charge in [0.15, 0.2) is 0 Å². The maximum Gasteiger partial charge on any atom is 0.490 e. The van der Waals surface area contributed by atoms with Crippen molar-refractivity contribution in [3.8, 4) is 5.75 Å². The maximum atomic E-state index is 10.6. The predicted octanol–water partition coefficient (Wildman–Crippen LogP) is 3.06. The van der Waals surface area contributed by atoms with E-state index in [4.69, 9.17) is 19.7 Å². The van der Waals surface area contributed by atoms with Crippen LogP contribution in [-0.4, -0.2) is 41.5 Å². The lowest BCUT2D eigenvalue weighted by Crippen LogP contribution is -2.21. The number of rotatable bonds is 9. The molecule has 0 unspecified atom stereocenters. The van der Waals surface area contributed by atoms with Crippen molar-refractivity contribution >= 4 is 11.9 Å². The Morgan fingerprint density at radius 1 is 1.16 bits per heavy atom. The minimum atomic E-state index is -5.08. The molecular weight excluding hydrogens is 343 g/mol. The molecule has 0 radical (unpaired) electrons. The number of nitrogens with one attached hydrogen (secondary N) is 1. The molecule has 1 aromatic carbocycles. The van der Waals surface area contributed by atoms with E-state index >= 15 is 0 Å². The van der Waals surface area contributed by atoms with Gasteiger partial charge in [0, 0.05) is 13.1 Å². The summed E-state index contributed by atoms with van der Waals surface area (Å²) < 4.78 is 37.3. The summed E-state index contributed by atoms with van der Waals surface area (Å²) in [7, 11) is 0. The van der Waals surface area contributed by atoms with Crippen LogP contribution < -0.4 is 10.1 Å². The zero-order chi connectivity index (χ0) is 19.3. The molecule has 0 aliphatic heterocycles. The number of carboxylic acids is 2. The van der Waals surface area contributed by atoms with Crippen LogP contribution in [0, 0.1) is 0 Å². The fourth-order valence-corrected chi connectivity index (χ4v) is 1.47. The largest absolute Gasteiger partial charge is 0.494 e. The van der Waals surface area contributed by atoms with Crippen molar-refractivity contribution in [3.63, 3.8) is 0 Å². The standard InChI is InChI=1S/C14H21NO3.C2HF3O2/c1-2-3-10-18-13-6-4-12(5-7-13)11-15-9-8-14(16)17;3-2(4,5)1(6)7/h4-7,15H,2-3,8-11H2,1H3,(H,16,17);(H,6,7). The van der Waals surface area contributed by atoms with Crippen LogP contribution >= 0.6 is 0 Å². The number of carboxylic acid groups (broad SMARTS) is 2. The van der Waals surface area contributed by atoms with Crippen LogP contribution in [0.4, 0.5) is 13.2 Å². The number of hydrogen-bond donors (Lipinski definition) is 3. The fourth-order valence-electron chi connectivity index (χ4n) is 1.47. The molecule has 0 spiro atoms. The first kappa shape index (κ1) is 22.7. The van der Waals surface area contributed by atoms with Crippen LogP contribution in [-0.2, 0) is 16.1 Å². The normalized spacial score (nSPS) is 10.6. The first-order valence-corrected chi connectivity index (χ1v) is 7.61. The number of benzene rings is 1. The highest BCUT2D eigenvalue weighted by Gasteiger charge is 2.38. The van der Waals surface area contributed by atoms with E-state index in [1.54, 1.807) is 0 Å². The zero-order valence-corrected chi connectivity index (χ0v) is 13.8. The minimum absolute atomic E-state index is 0.151. The Labute approximate surface area is 143 Å². The van der Waals surface area contributed by atoms with Crippen molar-refractivity contribution in [1.29, 1.82) is 0 Å². The maximum absolute atomic E-state index is 10.6. The lowest BCUT2D eigenvalue weighted by atomic mass is 10.2. The SMILES string of the molecule is CCCCOc1ccc(CNCCC(=O)O)cc1.O=C(O)C(F)(F)F. The van der Waals surface area contributed by atoms with Gasteiger partial charge in [-0.05, 0) is 24.1 Å². The van der Waals surface area contributed by atoms with Crippen molar-refractivity contribution in [2.45, 2.75) is 38.9 Å². The van der Waals surface area contributed by atoms with Crippen LogP contribution in [0.25, 0.3) is 0 Å². The van der Waals surface area contributed by atoms with Gasteiger partial charge >= 0.3 is 18.1 Å². The average Bonchev–Trinajstić information content (AvgIpc) is 2.53. The fraction of sp³-hybridized carbons (Fsp3) is 0.500. The third kappa shape index (κ3) is 12.8. The summed E-state index contributed by atoms with van der Waals surface area (Å²) >= 11 is 0. The monoisotopic (exact) mass is 365 g/mol. The number of aliphatic carboxylic acids is 2. The molecule has 1 aromatic rings. The number of hydrogen-bond acceptors (Lipinski definition) is 4. The van der Waals surface area contributed by atoms with E-state index in [9.17, 15) is 18.0 Å². The summed E-state index contributed by atoms with van der Waals surface area (Å²) in [6.07, 6.45) is -2.73. The molecule has 1 rings (SSSR count). The molecule has 6 nitrogen and oxygen atoms in total. The number of alkyl halides is 3. The van der Waals surface area contributed by atoms with E-state index in [1.807, 2.05) is 24.3 Å². The molecule has 0 aromatic heterocycles. The van der Waals surface area contributed by atoms with E-state index in [2.05, 4.69) is 12.2 Å². The first-order chi connectivity index (χ1) is 11.7. The zero-order valence-electron chi connectivity index (χ0n) is 13.8. The van der Waals surface area contributed by atoms with Crippen molar-refractivity contribution in [1.82, 2.24) is 5.32 Å². The Morgan fingerprint density at radius 3 is 2.16 bits per heavy atom. The molecule has 3 N–H and O–H groups in total. The molecule has 0 amide bonds. The van der Waals surface area contributed by atoms with Crippen LogP contribution in [0.5, 0.6) is 5.75 Å². The van der Waals surface area contributed by atoms with Crippen LogP contribution in [0.15, 0.2) is 24.3 Å². The molecule has 0 bridgehead atoms. The predicted molar refractivity (Wildman–Crippen MR) is 84.5 cm³/mol. The lowest BCUT2D eigenvalue weighted by Gasteiger charge is -2.07. The van der Waals surface area contributed by atoms with Gasteiger partial charge in [0.25, 0.3) is 0 Å². The molecule has 142 valence electrons. The first-order valence-electron chi connectivity index (χ1n) is 7.61. The van der Waals surface area contributed by atoms with Gasteiger partial charge in [-0.3, -0.25) is 4.79 Å². The Kier molecular flexibility index (Phi) is 11.0. The van der Waals surface area contributed by atoms with Crippen molar-refractivity contribution in [2.75, 3.05) is 13.2 Å². The van der Waals surface area contributed by atoms with Gasteiger partial charge in [0.05, 0.1) is 13.0 Å². The van der Waals surface area contributed by atoms with Crippen LogP contribution in [0.3, 0.4) is 0 Å². The summed E-state index contributed by atoms with van der Waals surface area (Å²) in [5.74, 6) is -2.65. The Hall–Kier alpha value is -2.29. The highest BCUT2D eigenvalue weighted by Crippen LogP contribution is 2.13. The van der Waals surface area contributed by atoms with Crippen molar-refractivity contribution in [2.24, 2.45) is 0 Å². The number of carbonyl (C=O) groups is 2. The van der Waals surface area contributed by atoms with Gasteiger partial charge in [-0.15, -0.1) is 0 Å². The number of unbranched alkanes of at least 4 members (excludes halogenated alkanes) is 1. The highest BCUT2D eigenvalue weighted by molar-refractivity contribution is 5.73. The molecule has 25 heavy (non-hydrogen) atoms. The molecule has 0 heterocycles. The number of ether oxygens (including phenoxy) is 1. The van der Waals surface area contributed by atoms with Crippen LogP contribution in [0.2, 0.25) is 0 Å². The lowest BCUT2D eigenvalue weighted by molar-refractivity contribution is -0.192. The average molecular weight is 365 g/mol. The van der Waals surface area contributed by atoms with Gasteiger partial charge in [-0.1, -0.05) is 25.5 Å². The van der Waals surface area contributed by atoms with E-state index in [-0.39, 0.29) is 6.42 Å². The van der Waals surface area contributed by atoms with Crippen molar-refractivity contribution < 1.29 is 37.7 Å². The third-order valence-electron chi connectivity index (χ3n) is 2.78. The molecule has 0 aliphatic carbocycles. The molecule has 0 atom stereocenters. The smallest absolute Gasteiger partial charge is 0.490 e. The van der Waals surface area contributed by atoms with Gasteiger partial charge in [0.1, 0.15) is 5.75 Å². The highest BCUT2D eigenvalue weighted by atomic mass is 19.4. The summed E-state index contributed by atoms with van der Waals surface area (Å²) in [6.45, 7) is 4.06. The summed E-state index contributed by atoms with van der Waals surface area (Å²) in [5, 5.41) is 18.7. The molecule has 0 saturated carbocycles. The summed E-state index contributed by atoms with van der Waals surface area (Å²) in [4.78, 5) is 19.2. The summed E-state index contributed by atoms with van der Waals surface area (Å²) in [6, 6.07) is 7.89. The van der Waals surface area contributed by atoms with Gasteiger partial charge in [0.2, 0.25) is 0 Å². The Morgan fingerprint density at radius 2 is 1.72 bits per heavy atom. The van der Waals surface area contributed by atoms with Gasteiger partial charge in [-0.25, -0.2) is 4.79 Å². The van der Waals surface area contributed by atoms with Crippen LogP contribution in [0.1, 0.15) is 31.7 Å². The molecule has 0 saturated heterocycles. The van der Waals surface area contributed by atoms with E-state index < -0.39 is 18.1 Å². The van der Waals surface area contributed by atoms with Crippen molar-refractivity contribution in [3.05, 3.63) is 29.8 Å². The van der Waals surface area contributed by atoms with Gasteiger partial charge < -0.3 is 20.3 Å². The second kappa shape index (κ2) is 12.1. The summed E-state index contributed by atoms with van der Waals surface area (Å²) in [5.41, 5.74) is 1.13. The van der Waals surface area contributed by atoms with Gasteiger partial charge in [-0.2, -0.15) is 13.2 Å². The van der Waals surface area contributed by atoms with E-state index in [1.165, 1.54) is 0 Å². The topological polar surface area (TPSA) is 95.9 Å². The molecular formula is C16H22F3NO5. The Bertz CT molecular complexity index is 517. The van der Waals surface area contributed by atoms with E-state index in [0.717, 1.165) is 30.8 Å². The Balaban J connectivity index is 0.000000697. The second-order valence-corrected chi connectivity index (χ2v) is 4.97.